The summed E-state index contributed by atoms with van der Waals surface area (Å²) in [6.07, 6.45) is 1.54. The molecule has 25 heavy (non-hydrogen) atoms. The fourth-order valence-electron chi connectivity index (χ4n) is 2.10. The minimum atomic E-state index is -1.13. The monoisotopic (exact) mass is 462 g/mol. The second-order valence-corrected chi connectivity index (χ2v) is 6.17. The molecule has 2 rings (SSSR count). The number of aromatic nitrogens is 1. The van der Waals surface area contributed by atoms with Crippen molar-refractivity contribution in [2.75, 3.05) is 13.1 Å². The first kappa shape index (κ1) is 21.5. The molecule has 7 nitrogen and oxygen atoms in total. The maximum atomic E-state index is 10.5. The van der Waals surface area contributed by atoms with Gasteiger partial charge in [-0.15, -0.1) is 24.0 Å². The normalized spacial score (nSPS) is 14.1. The minimum absolute atomic E-state index is 0. The van der Waals surface area contributed by atoms with Crippen molar-refractivity contribution in [1.29, 1.82) is 0 Å². The van der Waals surface area contributed by atoms with Crippen LogP contribution < -0.4 is 10.6 Å². The van der Waals surface area contributed by atoms with Gasteiger partial charge in [0.25, 0.3) is 0 Å². The Bertz CT molecular complexity index is 651. The van der Waals surface area contributed by atoms with Gasteiger partial charge in [0.2, 0.25) is 0 Å². The van der Waals surface area contributed by atoms with E-state index in [1.807, 2.05) is 13.0 Å². The molecule has 1 unspecified atom stereocenters. The van der Waals surface area contributed by atoms with Gasteiger partial charge in [0, 0.05) is 12.6 Å². The van der Waals surface area contributed by atoms with Crippen molar-refractivity contribution in [2.24, 2.45) is 4.99 Å². The number of rotatable bonds is 7. The summed E-state index contributed by atoms with van der Waals surface area (Å²) in [7, 11) is 0. The molecule has 0 amide bonds. The van der Waals surface area contributed by atoms with E-state index in [9.17, 15) is 5.11 Å². The third-order valence-corrected chi connectivity index (χ3v) is 3.56. The highest BCUT2D eigenvalue weighted by atomic mass is 127. The standard InChI is InChI=1S/C17H26N4O3.HI/c1-5-18-16(19-10-13-9-14(12(2)3)21-24-13)20-11-17(4,22)15-7-6-8-23-15;/h6-9,12,22H,5,10-11H2,1-4H3,(H2,18,19,20);1H. The van der Waals surface area contributed by atoms with Crippen molar-refractivity contribution < 1.29 is 14.0 Å². The summed E-state index contributed by atoms with van der Waals surface area (Å²) >= 11 is 0. The Labute approximate surface area is 165 Å². The van der Waals surface area contributed by atoms with Crippen molar-refractivity contribution in [3.63, 3.8) is 0 Å². The van der Waals surface area contributed by atoms with Crippen LogP contribution in [0.2, 0.25) is 0 Å². The van der Waals surface area contributed by atoms with E-state index in [-0.39, 0.29) is 30.5 Å². The Balaban J connectivity index is 0.00000312. The smallest absolute Gasteiger partial charge is 0.191 e. The summed E-state index contributed by atoms with van der Waals surface area (Å²) in [5, 5.41) is 20.7. The minimum Gasteiger partial charge on any atom is -0.466 e. The predicted octanol–water partition coefficient (Wildman–Crippen LogP) is 2.97. The van der Waals surface area contributed by atoms with Crippen LogP contribution in [0.4, 0.5) is 0 Å². The lowest BCUT2D eigenvalue weighted by molar-refractivity contribution is 0.0386. The van der Waals surface area contributed by atoms with Gasteiger partial charge in [0.05, 0.1) is 18.5 Å². The lowest BCUT2D eigenvalue weighted by Gasteiger charge is -2.22. The topological polar surface area (TPSA) is 95.8 Å². The van der Waals surface area contributed by atoms with Crippen LogP contribution in [0.3, 0.4) is 0 Å². The van der Waals surface area contributed by atoms with Crippen molar-refractivity contribution in [3.8, 4) is 0 Å². The summed E-state index contributed by atoms with van der Waals surface area (Å²) < 4.78 is 10.6. The largest absolute Gasteiger partial charge is 0.466 e. The maximum Gasteiger partial charge on any atom is 0.191 e. The van der Waals surface area contributed by atoms with E-state index in [1.54, 1.807) is 25.3 Å². The van der Waals surface area contributed by atoms with E-state index in [4.69, 9.17) is 8.94 Å². The molecular formula is C17H27IN4O3. The molecule has 0 radical (unpaired) electrons. The second-order valence-electron chi connectivity index (χ2n) is 6.17. The molecule has 0 aliphatic carbocycles. The van der Waals surface area contributed by atoms with E-state index in [1.165, 1.54) is 0 Å². The number of nitrogens with zero attached hydrogens (tertiary/aromatic N) is 2. The van der Waals surface area contributed by atoms with Gasteiger partial charge < -0.3 is 24.7 Å². The van der Waals surface area contributed by atoms with Crippen molar-refractivity contribution in [3.05, 3.63) is 41.7 Å². The van der Waals surface area contributed by atoms with Crippen molar-refractivity contribution in [2.45, 2.75) is 45.8 Å². The summed E-state index contributed by atoms with van der Waals surface area (Å²) in [5.41, 5.74) is -0.213. The molecule has 0 saturated carbocycles. The first-order chi connectivity index (χ1) is 11.4. The zero-order chi connectivity index (χ0) is 17.6. The molecule has 8 heteroatoms. The number of hydrogen-bond acceptors (Lipinski definition) is 5. The number of nitrogens with one attached hydrogen (secondary N) is 2. The molecule has 1 atom stereocenters. The number of hydrogen-bond donors (Lipinski definition) is 3. The van der Waals surface area contributed by atoms with Gasteiger partial charge in [0.1, 0.15) is 17.9 Å². The van der Waals surface area contributed by atoms with Crippen LogP contribution >= 0.6 is 24.0 Å². The third-order valence-electron chi connectivity index (χ3n) is 3.56. The molecule has 2 aromatic rings. The van der Waals surface area contributed by atoms with Crippen molar-refractivity contribution >= 4 is 29.9 Å². The van der Waals surface area contributed by atoms with Crippen LogP contribution in [0.5, 0.6) is 0 Å². The fourth-order valence-corrected chi connectivity index (χ4v) is 2.10. The lowest BCUT2D eigenvalue weighted by Crippen LogP contribution is -2.44. The number of aliphatic imine (C=N–C) groups is 1. The van der Waals surface area contributed by atoms with E-state index in [0.29, 0.717) is 36.5 Å². The van der Waals surface area contributed by atoms with Gasteiger partial charge in [-0.2, -0.15) is 0 Å². The Kier molecular flexibility index (Phi) is 8.43. The summed E-state index contributed by atoms with van der Waals surface area (Å²) in [5.74, 6) is 2.12. The Hall–Kier alpha value is -1.55. The van der Waals surface area contributed by atoms with E-state index in [0.717, 1.165) is 5.69 Å². The average Bonchev–Trinajstić information content (AvgIpc) is 3.21. The highest BCUT2D eigenvalue weighted by Crippen LogP contribution is 2.19. The first-order valence-corrected chi connectivity index (χ1v) is 8.16. The molecule has 0 spiro atoms. The second kappa shape index (κ2) is 9.81. The van der Waals surface area contributed by atoms with Crippen molar-refractivity contribution in [1.82, 2.24) is 15.8 Å². The molecule has 2 heterocycles. The molecule has 0 aliphatic rings. The predicted molar refractivity (Wildman–Crippen MR) is 107 cm³/mol. The van der Waals surface area contributed by atoms with Crippen LogP contribution in [-0.2, 0) is 12.1 Å². The van der Waals surface area contributed by atoms with Gasteiger partial charge in [-0.05, 0) is 31.9 Å². The molecule has 0 aliphatic heterocycles. The van der Waals surface area contributed by atoms with Crippen LogP contribution in [0.15, 0.2) is 38.4 Å². The average molecular weight is 462 g/mol. The molecule has 0 bridgehead atoms. The molecule has 140 valence electrons. The van der Waals surface area contributed by atoms with Gasteiger partial charge >= 0.3 is 0 Å². The van der Waals surface area contributed by atoms with E-state index >= 15 is 0 Å². The number of guanidine groups is 1. The van der Waals surface area contributed by atoms with E-state index in [2.05, 4.69) is 34.6 Å². The van der Waals surface area contributed by atoms with Gasteiger partial charge in [-0.3, -0.25) is 0 Å². The SMILES string of the molecule is CCNC(=NCc1cc(C(C)C)no1)NCC(C)(O)c1ccco1.I. The Morgan fingerprint density at radius 3 is 2.72 bits per heavy atom. The van der Waals surface area contributed by atoms with Crippen LogP contribution in [0, 0.1) is 0 Å². The summed E-state index contributed by atoms with van der Waals surface area (Å²) in [4.78, 5) is 4.46. The van der Waals surface area contributed by atoms with Crippen LogP contribution in [0.1, 0.15) is 50.8 Å². The molecule has 0 aromatic carbocycles. The van der Waals surface area contributed by atoms with Gasteiger partial charge in [0.15, 0.2) is 11.7 Å². The van der Waals surface area contributed by atoms with Gasteiger partial charge in [-0.25, -0.2) is 4.99 Å². The molecule has 0 fully saturated rings. The quantitative estimate of drug-likeness (QED) is 0.333. The summed E-state index contributed by atoms with van der Waals surface area (Å²) in [6, 6.07) is 5.41. The highest BCUT2D eigenvalue weighted by Gasteiger charge is 2.26. The molecular weight excluding hydrogens is 435 g/mol. The van der Waals surface area contributed by atoms with Crippen LogP contribution in [0.25, 0.3) is 0 Å². The highest BCUT2D eigenvalue weighted by molar-refractivity contribution is 14.0. The number of furan rings is 1. The van der Waals surface area contributed by atoms with Crippen LogP contribution in [-0.4, -0.2) is 29.3 Å². The number of halogens is 1. The summed E-state index contributed by atoms with van der Waals surface area (Å²) in [6.45, 7) is 9.14. The lowest BCUT2D eigenvalue weighted by atomic mass is 10.0. The first-order valence-electron chi connectivity index (χ1n) is 8.16. The van der Waals surface area contributed by atoms with E-state index < -0.39 is 5.60 Å². The zero-order valence-electron chi connectivity index (χ0n) is 15.1. The Morgan fingerprint density at radius 1 is 1.40 bits per heavy atom. The maximum absolute atomic E-state index is 10.5. The third kappa shape index (κ3) is 6.35. The Morgan fingerprint density at radius 2 is 2.16 bits per heavy atom. The number of aliphatic hydroxyl groups is 1. The molecule has 0 saturated heterocycles. The zero-order valence-corrected chi connectivity index (χ0v) is 17.4. The fraction of sp³-hybridized carbons (Fsp3) is 0.529. The molecule has 3 N–H and O–H groups in total. The van der Waals surface area contributed by atoms with Gasteiger partial charge in [-0.1, -0.05) is 19.0 Å². The molecule has 2 aromatic heterocycles.